The third-order valence-electron chi connectivity index (χ3n) is 6.54. The van der Waals surface area contributed by atoms with Gasteiger partial charge in [-0.05, 0) is 72.1 Å². The van der Waals surface area contributed by atoms with Gasteiger partial charge in [-0.25, -0.2) is 4.79 Å². The summed E-state index contributed by atoms with van der Waals surface area (Å²) in [5.74, 6) is 1.17. The molecule has 0 bridgehead atoms. The fraction of sp³-hybridized carbons (Fsp3) is 0.308. The number of allylic oxidation sites excluding steroid dienone is 1. The number of benzene rings is 2. The first-order valence-corrected chi connectivity index (χ1v) is 10.9. The van der Waals surface area contributed by atoms with Gasteiger partial charge in [-0.3, -0.25) is 4.98 Å². The first kappa shape index (κ1) is 19.6. The van der Waals surface area contributed by atoms with Crippen molar-refractivity contribution in [3.63, 3.8) is 0 Å². The largest absolute Gasteiger partial charge is 0.508 e. The van der Waals surface area contributed by atoms with Gasteiger partial charge in [-0.15, -0.1) is 0 Å². The van der Waals surface area contributed by atoms with Crippen LogP contribution in [0.5, 0.6) is 5.75 Å². The van der Waals surface area contributed by atoms with Gasteiger partial charge in [0.1, 0.15) is 12.4 Å². The van der Waals surface area contributed by atoms with Crippen molar-refractivity contribution in [1.82, 2.24) is 9.88 Å². The number of carbonyl (C=O) groups excluding carboxylic acids is 1. The second kappa shape index (κ2) is 8.42. The van der Waals surface area contributed by atoms with E-state index in [0.717, 1.165) is 47.8 Å². The number of rotatable bonds is 3. The highest BCUT2D eigenvalue weighted by atomic mass is 16.6. The van der Waals surface area contributed by atoms with E-state index in [1.165, 1.54) is 5.57 Å². The number of amides is 1. The van der Waals surface area contributed by atoms with Crippen LogP contribution < -0.4 is 0 Å². The van der Waals surface area contributed by atoms with E-state index in [-0.39, 0.29) is 11.8 Å². The Labute approximate surface area is 182 Å². The Bertz CT molecular complexity index is 1130. The van der Waals surface area contributed by atoms with E-state index < -0.39 is 0 Å². The summed E-state index contributed by atoms with van der Waals surface area (Å²) in [7, 11) is 0. The van der Waals surface area contributed by atoms with Gasteiger partial charge in [0, 0.05) is 24.7 Å². The zero-order valence-electron chi connectivity index (χ0n) is 17.4. The molecule has 2 aliphatic rings. The Hall–Kier alpha value is -3.34. The van der Waals surface area contributed by atoms with E-state index in [2.05, 4.69) is 11.1 Å². The summed E-state index contributed by atoms with van der Waals surface area (Å²) in [6, 6.07) is 17.1. The van der Waals surface area contributed by atoms with Gasteiger partial charge in [0.2, 0.25) is 0 Å². The number of nitrogens with zero attached hydrogens (tertiary/aromatic N) is 2. The number of hydrogen-bond acceptors (Lipinski definition) is 4. The number of likely N-dealkylation sites (tertiary alicyclic amines) is 1. The molecule has 1 fully saturated rings. The molecule has 3 aromatic rings. The summed E-state index contributed by atoms with van der Waals surface area (Å²) < 4.78 is 5.56. The van der Waals surface area contributed by atoms with Gasteiger partial charge >= 0.3 is 6.09 Å². The Balaban J connectivity index is 1.33. The van der Waals surface area contributed by atoms with E-state index in [9.17, 15) is 9.90 Å². The monoisotopic (exact) mass is 414 g/mol. The number of piperidine rings is 1. The molecule has 1 amide bonds. The van der Waals surface area contributed by atoms with Crippen molar-refractivity contribution in [2.24, 2.45) is 11.8 Å². The molecule has 1 aliphatic heterocycles. The third kappa shape index (κ3) is 4.13. The van der Waals surface area contributed by atoms with Gasteiger partial charge in [-0.1, -0.05) is 36.4 Å². The lowest BCUT2D eigenvalue weighted by molar-refractivity contribution is 0.0702. The Morgan fingerprint density at radius 3 is 2.87 bits per heavy atom. The van der Waals surface area contributed by atoms with Crippen LogP contribution in [0.3, 0.4) is 0 Å². The second-order valence-corrected chi connectivity index (χ2v) is 8.49. The molecule has 1 saturated heterocycles. The van der Waals surface area contributed by atoms with Crippen molar-refractivity contribution in [3.8, 4) is 5.75 Å². The maximum Gasteiger partial charge on any atom is 0.410 e. The summed E-state index contributed by atoms with van der Waals surface area (Å²) in [6.07, 6.45) is 7.06. The van der Waals surface area contributed by atoms with Crippen LogP contribution in [0.25, 0.3) is 16.5 Å². The fourth-order valence-corrected chi connectivity index (χ4v) is 4.88. The van der Waals surface area contributed by atoms with Crippen molar-refractivity contribution in [3.05, 3.63) is 78.0 Å². The highest BCUT2D eigenvalue weighted by Gasteiger charge is 2.33. The second-order valence-electron chi connectivity index (χ2n) is 8.49. The Kier molecular flexibility index (Phi) is 5.33. The lowest BCUT2D eigenvalue weighted by Crippen LogP contribution is -2.44. The van der Waals surface area contributed by atoms with Crippen LogP contribution in [-0.2, 0) is 11.3 Å². The van der Waals surface area contributed by atoms with Crippen molar-refractivity contribution < 1.29 is 14.6 Å². The number of hydrogen-bond donors (Lipinski definition) is 1. The van der Waals surface area contributed by atoms with E-state index >= 15 is 0 Å². The third-order valence-corrected chi connectivity index (χ3v) is 6.54. The van der Waals surface area contributed by atoms with Crippen LogP contribution in [0.1, 0.15) is 30.4 Å². The highest BCUT2D eigenvalue weighted by Crippen LogP contribution is 2.40. The molecule has 2 heterocycles. The SMILES string of the molecule is O=C(OCc1ccccc1)N1CC[C@H]2CCC(c3ccnc4ccc(O)cc34)=C[C@H]2C1. The minimum Gasteiger partial charge on any atom is -0.508 e. The van der Waals surface area contributed by atoms with E-state index in [1.54, 1.807) is 12.1 Å². The Morgan fingerprint density at radius 1 is 1.13 bits per heavy atom. The molecule has 5 rings (SSSR count). The van der Waals surface area contributed by atoms with Gasteiger partial charge in [0.15, 0.2) is 0 Å². The van der Waals surface area contributed by atoms with Gasteiger partial charge in [0.25, 0.3) is 0 Å². The van der Waals surface area contributed by atoms with Crippen LogP contribution in [0.15, 0.2) is 66.9 Å². The average Bonchev–Trinajstić information content (AvgIpc) is 2.82. The van der Waals surface area contributed by atoms with Crippen LogP contribution >= 0.6 is 0 Å². The van der Waals surface area contributed by atoms with E-state index in [0.29, 0.717) is 25.0 Å². The van der Waals surface area contributed by atoms with Crippen molar-refractivity contribution in [2.75, 3.05) is 13.1 Å². The quantitative estimate of drug-likeness (QED) is 0.624. The van der Waals surface area contributed by atoms with E-state index in [4.69, 9.17) is 4.74 Å². The van der Waals surface area contributed by atoms with Gasteiger partial charge in [-0.2, -0.15) is 0 Å². The van der Waals surface area contributed by atoms with Crippen molar-refractivity contribution in [2.45, 2.75) is 25.9 Å². The van der Waals surface area contributed by atoms with Gasteiger partial charge < -0.3 is 14.7 Å². The summed E-state index contributed by atoms with van der Waals surface area (Å²) in [5, 5.41) is 10.9. The predicted octanol–water partition coefficient (Wildman–Crippen LogP) is 5.39. The Morgan fingerprint density at radius 2 is 2.00 bits per heavy atom. The van der Waals surface area contributed by atoms with Crippen LogP contribution in [0, 0.1) is 11.8 Å². The predicted molar refractivity (Wildman–Crippen MR) is 120 cm³/mol. The number of aromatic hydroxyl groups is 1. The molecule has 2 atom stereocenters. The first-order valence-electron chi connectivity index (χ1n) is 10.9. The summed E-state index contributed by atoms with van der Waals surface area (Å²) >= 11 is 0. The molecule has 1 N–H and O–H groups in total. The molecule has 0 radical (unpaired) electrons. The topological polar surface area (TPSA) is 62.7 Å². The standard InChI is InChI=1S/C26H26N2O3/c29-22-8-9-25-24(15-22)23(10-12-27-25)20-7-6-19-11-13-28(16-21(19)14-20)26(30)31-17-18-4-2-1-3-5-18/h1-5,8-10,12,14-15,19,21,29H,6-7,11,13,16-17H2/t19-,21+/m1/s1. The maximum atomic E-state index is 12.7. The zero-order valence-corrected chi connectivity index (χ0v) is 17.4. The fourth-order valence-electron chi connectivity index (χ4n) is 4.88. The number of carbonyl (C=O) groups is 1. The molecule has 158 valence electrons. The molecule has 31 heavy (non-hydrogen) atoms. The number of aromatic nitrogens is 1. The molecule has 5 heteroatoms. The number of phenolic OH excluding ortho intramolecular Hbond substituents is 1. The molecule has 5 nitrogen and oxygen atoms in total. The molecule has 0 saturated carbocycles. The average molecular weight is 415 g/mol. The molecule has 2 aromatic carbocycles. The number of pyridine rings is 1. The van der Waals surface area contributed by atoms with Crippen LogP contribution in [0.4, 0.5) is 4.79 Å². The number of phenols is 1. The lowest BCUT2D eigenvalue weighted by atomic mass is 9.75. The van der Waals surface area contributed by atoms with Gasteiger partial charge in [0.05, 0.1) is 5.52 Å². The van der Waals surface area contributed by atoms with Crippen LogP contribution in [0.2, 0.25) is 0 Å². The molecular weight excluding hydrogens is 388 g/mol. The molecule has 0 spiro atoms. The number of fused-ring (bicyclic) bond motifs is 2. The highest BCUT2D eigenvalue weighted by molar-refractivity contribution is 5.92. The molecular formula is C26H26N2O3. The summed E-state index contributed by atoms with van der Waals surface area (Å²) in [6.45, 7) is 1.75. The smallest absolute Gasteiger partial charge is 0.410 e. The molecule has 1 aromatic heterocycles. The summed E-state index contributed by atoms with van der Waals surface area (Å²) in [4.78, 5) is 18.9. The normalized spacial score (nSPS) is 20.8. The molecule has 0 unspecified atom stereocenters. The van der Waals surface area contributed by atoms with Crippen molar-refractivity contribution >= 4 is 22.6 Å². The lowest BCUT2D eigenvalue weighted by Gasteiger charge is -2.39. The number of ether oxygens (including phenoxy) is 1. The minimum absolute atomic E-state index is 0.234. The maximum absolute atomic E-state index is 12.7. The zero-order chi connectivity index (χ0) is 21.2. The summed E-state index contributed by atoms with van der Waals surface area (Å²) in [5.41, 5.74) is 4.29. The molecule has 1 aliphatic carbocycles. The van der Waals surface area contributed by atoms with Crippen LogP contribution in [-0.4, -0.2) is 34.2 Å². The minimum atomic E-state index is -0.234. The van der Waals surface area contributed by atoms with Crippen molar-refractivity contribution in [1.29, 1.82) is 0 Å². The first-order chi connectivity index (χ1) is 15.2. The van der Waals surface area contributed by atoms with E-state index in [1.807, 2.05) is 53.6 Å².